The van der Waals surface area contributed by atoms with Crippen LogP contribution in [0, 0.1) is 0 Å². The summed E-state index contributed by atoms with van der Waals surface area (Å²) in [5, 5.41) is 1.27. The van der Waals surface area contributed by atoms with Gasteiger partial charge in [0.15, 0.2) is 0 Å². The molecule has 1 aromatic rings. The predicted octanol–water partition coefficient (Wildman–Crippen LogP) is 3.65. The number of halogens is 2. The van der Waals surface area contributed by atoms with Gasteiger partial charge in [-0.3, -0.25) is 0 Å². The van der Waals surface area contributed by atoms with E-state index >= 15 is 0 Å². The molecule has 2 N–H and O–H groups in total. The molecule has 3 heteroatoms. The summed E-state index contributed by atoms with van der Waals surface area (Å²) in [7, 11) is 0. The first-order valence-corrected chi connectivity index (χ1v) is 4.07. The molecule has 1 unspecified atom stereocenters. The molecule has 1 nitrogen and oxygen atoms in total. The molecule has 0 amide bonds. The second-order valence-corrected chi connectivity index (χ2v) is 3.30. The van der Waals surface area contributed by atoms with Gasteiger partial charge in [0, 0.05) is 16.1 Å². The van der Waals surface area contributed by atoms with Gasteiger partial charge in [0.05, 0.1) is 0 Å². The monoisotopic (exact) mass is 205 g/mol. The minimum atomic E-state index is -0.0419. The van der Waals surface area contributed by atoms with Crippen LogP contribution >= 0.6 is 23.2 Å². The molecule has 0 saturated heterocycles. The van der Waals surface area contributed by atoms with E-state index < -0.39 is 0 Å². The van der Waals surface area contributed by atoms with Gasteiger partial charge >= 0.3 is 0 Å². The molecule has 0 aliphatic heterocycles. The van der Waals surface area contributed by atoms with E-state index in [1.54, 1.807) is 12.1 Å². The van der Waals surface area contributed by atoms with Crippen LogP contribution in [0.4, 0.5) is 0 Å². The lowest BCUT2D eigenvalue weighted by Crippen LogP contribution is -2.05. The third-order valence-corrected chi connectivity index (χ3v) is 2.02. The van der Waals surface area contributed by atoms with Crippen molar-refractivity contribution in [3.8, 4) is 0 Å². The lowest BCUT2D eigenvalue weighted by molar-refractivity contribution is 0.818. The van der Waals surface area contributed by atoms with E-state index in [9.17, 15) is 0 Å². The summed E-state index contributed by atoms with van der Waals surface area (Å²) in [6.45, 7) is 1.88. The molecule has 1 rings (SSSR count). The van der Waals surface area contributed by atoms with Crippen molar-refractivity contribution in [2.75, 3.05) is 0 Å². The summed E-state index contributed by atoms with van der Waals surface area (Å²) < 4.78 is 0. The predicted molar refractivity (Wildman–Crippen MR) is 55.8 cm³/mol. The Morgan fingerprint density at radius 2 is 1.92 bits per heavy atom. The molecular formula is C9H13Cl2N. The van der Waals surface area contributed by atoms with Crippen molar-refractivity contribution in [3.05, 3.63) is 33.8 Å². The number of rotatable bonds is 1. The van der Waals surface area contributed by atoms with Crippen LogP contribution in [-0.2, 0) is 0 Å². The Labute approximate surface area is 83.5 Å². The number of benzene rings is 1. The molecule has 0 fully saturated rings. The van der Waals surface area contributed by atoms with E-state index in [0.29, 0.717) is 10.0 Å². The van der Waals surface area contributed by atoms with E-state index in [1.165, 1.54) is 0 Å². The van der Waals surface area contributed by atoms with Crippen LogP contribution in [0.25, 0.3) is 0 Å². The van der Waals surface area contributed by atoms with E-state index in [-0.39, 0.29) is 13.5 Å². The van der Waals surface area contributed by atoms with Gasteiger partial charge in [-0.25, -0.2) is 0 Å². The third-order valence-electron chi connectivity index (χ3n) is 1.45. The maximum atomic E-state index is 5.86. The van der Waals surface area contributed by atoms with Gasteiger partial charge in [-0.2, -0.15) is 0 Å². The van der Waals surface area contributed by atoms with Gasteiger partial charge in [0.2, 0.25) is 0 Å². The summed E-state index contributed by atoms with van der Waals surface area (Å²) in [6.07, 6.45) is 0. The van der Waals surface area contributed by atoms with Gasteiger partial charge in [0.1, 0.15) is 0 Å². The standard InChI is InChI=1S/C8H9Cl2N.CH4/c1-5(11)7-3-2-6(9)4-8(7)10;/h2-5H,11H2,1H3;1H4. The molecule has 68 valence electrons. The molecule has 0 aromatic heterocycles. The van der Waals surface area contributed by atoms with Crippen LogP contribution in [0.5, 0.6) is 0 Å². The van der Waals surface area contributed by atoms with Crippen LogP contribution < -0.4 is 5.73 Å². The quantitative estimate of drug-likeness (QED) is 0.745. The Balaban J connectivity index is 0.00000121. The van der Waals surface area contributed by atoms with E-state index in [4.69, 9.17) is 28.9 Å². The zero-order valence-corrected chi connectivity index (χ0v) is 7.65. The molecule has 0 radical (unpaired) electrons. The second-order valence-electron chi connectivity index (χ2n) is 2.45. The Kier molecular flexibility index (Phi) is 4.61. The third kappa shape index (κ3) is 2.67. The fourth-order valence-corrected chi connectivity index (χ4v) is 1.45. The van der Waals surface area contributed by atoms with Crippen molar-refractivity contribution in [1.82, 2.24) is 0 Å². The van der Waals surface area contributed by atoms with Crippen LogP contribution in [0.3, 0.4) is 0 Å². The molecule has 12 heavy (non-hydrogen) atoms. The highest BCUT2D eigenvalue weighted by Gasteiger charge is 2.04. The Hall–Kier alpha value is -0.240. The minimum absolute atomic E-state index is 0. The number of hydrogen-bond donors (Lipinski definition) is 1. The molecule has 0 aliphatic rings. The van der Waals surface area contributed by atoms with Crippen LogP contribution in [0.15, 0.2) is 18.2 Å². The summed E-state index contributed by atoms with van der Waals surface area (Å²) in [4.78, 5) is 0. The summed E-state index contributed by atoms with van der Waals surface area (Å²) in [5.41, 5.74) is 6.56. The summed E-state index contributed by atoms with van der Waals surface area (Å²) >= 11 is 11.6. The second kappa shape index (κ2) is 4.70. The van der Waals surface area contributed by atoms with Crippen molar-refractivity contribution >= 4 is 23.2 Å². The Bertz CT molecular complexity index is 259. The van der Waals surface area contributed by atoms with E-state index in [0.717, 1.165) is 5.56 Å². The minimum Gasteiger partial charge on any atom is -0.324 e. The normalized spacial score (nSPS) is 12.0. The maximum absolute atomic E-state index is 5.86. The van der Waals surface area contributed by atoms with E-state index in [2.05, 4.69) is 0 Å². The van der Waals surface area contributed by atoms with Crippen molar-refractivity contribution in [2.45, 2.75) is 20.4 Å². The molecule has 0 aliphatic carbocycles. The first kappa shape index (κ1) is 11.8. The van der Waals surface area contributed by atoms with Crippen molar-refractivity contribution in [2.24, 2.45) is 5.73 Å². The molecule has 1 atom stereocenters. The maximum Gasteiger partial charge on any atom is 0.0468 e. The zero-order chi connectivity index (χ0) is 8.43. The molecule has 0 saturated carbocycles. The first-order valence-electron chi connectivity index (χ1n) is 3.32. The largest absolute Gasteiger partial charge is 0.324 e. The highest BCUT2D eigenvalue weighted by molar-refractivity contribution is 6.35. The summed E-state index contributed by atoms with van der Waals surface area (Å²) in [5.74, 6) is 0. The van der Waals surface area contributed by atoms with Gasteiger partial charge in [0.25, 0.3) is 0 Å². The lowest BCUT2D eigenvalue weighted by atomic mass is 10.1. The summed E-state index contributed by atoms with van der Waals surface area (Å²) in [6, 6.07) is 5.28. The zero-order valence-electron chi connectivity index (χ0n) is 6.14. The fraction of sp³-hybridized carbons (Fsp3) is 0.333. The molecular weight excluding hydrogens is 193 g/mol. The average molecular weight is 206 g/mol. The van der Waals surface area contributed by atoms with Crippen molar-refractivity contribution in [1.29, 1.82) is 0 Å². The number of hydrogen-bond acceptors (Lipinski definition) is 1. The van der Waals surface area contributed by atoms with Crippen molar-refractivity contribution < 1.29 is 0 Å². The van der Waals surface area contributed by atoms with Crippen LogP contribution in [-0.4, -0.2) is 0 Å². The van der Waals surface area contributed by atoms with Gasteiger partial charge < -0.3 is 5.73 Å². The van der Waals surface area contributed by atoms with Gasteiger partial charge in [-0.05, 0) is 24.6 Å². The SMILES string of the molecule is C.CC(N)c1ccc(Cl)cc1Cl. The molecule has 0 heterocycles. The molecule has 1 aromatic carbocycles. The first-order chi connectivity index (χ1) is 5.11. The highest BCUT2D eigenvalue weighted by atomic mass is 35.5. The lowest BCUT2D eigenvalue weighted by Gasteiger charge is -2.07. The van der Waals surface area contributed by atoms with Crippen LogP contribution in [0.1, 0.15) is 26.0 Å². The fourth-order valence-electron chi connectivity index (χ4n) is 0.871. The van der Waals surface area contributed by atoms with Crippen LogP contribution in [0.2, 0.25) is 10.0 Å². The Morgan fingerprint density at radius 1 is 1.33 bits per heavy atom. The molecule has 0 spiro atoms. The topological polar surface area (TPSA) is 26.0 Å². The number of nitrogens with two attached hydrogens (primary N) is 1. The van der Waals surface area contributed by atoms with Gasteiger partial charge in [-0.15, -0.1) is 0 Å². The van der Waals surface area contributed by atoms with Gasteiger partial charge in [-0.1, -0.05) is 36.7 Å². The molecule has 0 bridgehead atoms. The smallest absolute Gasteiger partial charge is 0.0468 e. The highest BCUT2D eigenvalue weighted by Crippen LogP contribution is 2.24. The van der Waals surface area contributed by atoms with Crippen molar-refractivity contribution in [3.63, 3.8) is 0 Å². The van der Waals surface area contributed by atoms with E-state index in [1.807, 2.05) is 13.0 Å². The average Bonchev–Trinajstić information content (AvgIpc) is 1.85. The Morgan fingerprint density at radius 3 is 2.33 bits per heavy atom.